The van der Waals surface area contributed by atoms with Crippen LogP contribution >= 0.6 is 11.8 Å². The SMILES string of the molecule is O=C1N=C(N2CCCC2)SC1=Cc1ccc(F)cc1O. The Balaban J connectivity index is 1.82. The molecule has 6 heteroatoms. The van der Waals surface area contributed by atoms with Gasteiger partial charge in [-0.25, -0.2) is 4.39 Å². The van der Waals surface area contributed by atoms with Crippen LogP contribution in [0.25, 0.3) is 6.08 Å². The maximum atomic E-state index is 12.9. The molecule has 2 aliphatic heterocycles. The minimum atomic E-state index is -0.510. The number of hydrogen-bond donors (Lipinski definition) is 1. The van der Waals surface area contributed by atoms with Gasteiger partial charge < -0.3 is 10.0 Å². The van der Waals surface area contributed by atoms with E-state index in [1.807, 2.05) is 0 Å². The molecule has 0 bridgehead atoms. The Kier molecular flexibility index (Phi) is 3.48. The molecule has 104 valence electrons. The maximum Gasteiger partial charge on any atom is 0.286 e. The van der Waals surface area contributed by atoms with Gasteiger partial charge in [0, 0.05) is 24.7 Å². The van der Waals surface area contributed by atoms with Crippen LogP contribution in [-0.4, -0.2) is 34.2 Å². The number of nitrogens with zero attached hydrogens (tertiary/aromatic N) is 2. The molecule has 0 atom stereocenters. The Morgan fingerprint density at radius 2 is 2.10 bits per heavy atom. The third-order valence-electron chi connectivity index (χ3n) is 3.26. The summed E-state index contributed by atoms with van der Waals surface area (Å²) in [5.74, 6) is -0.995. The van der Waals surface area contributed by atoms with Crippen molar-refractivity contribution in [2.75, 3.05) is 13.1 Å². The fraction of sp³-hybridized carbons (Fsp3) is 0.286. The van der Waals surface area contributed by atoms with Gasteiger partial charge in [0.2, 0.25) is 0 Å². The predicted molar refractivity (Wildman–Crippen MR) is 76.9 cm³/mol. The summed E-state index contributed by atoms with van der Waals surface area (Å²) < 4.78 is 12.9. The molecule has 1 aromatic rings. The van der Waals surface area contributed by atoms with Gasteiger partial charge in [-0.1, -0.05) is 0 Å². The van der Waals surface area contributed by atoms with Gasteiger partial charge in [0.05, 0.1) is 4.91 Å². The molecule has 0 aromatic heterocycles. The van der Waals surface area contributed by atoms with Gasteiger partial charge in [-0.3, -0.25) is 4.79 Å². The van der Waals surface area contributed by atoms with E-state index < -0.39 is 5.82 Å². The molecule has 0 unspecified atom stereocenters. The van der Waals surface area contributed by atoms with E-state index in [4.69, 9.17) is 0 Å². The molecular formula is C14H13FN2O2S. The lowest BCUT2D eigenvalue weighted by Crippen LogP contribution is -2.23. The van der Waals surface area contributed by atoms with Crippen LogP contribution in [0.1, 0.15) is 18.4 Å². The van der Waals surface area contributed by atoms with Crippen molar-refractivity contribution in [1.29, 1.82) is 0 Å². The molecule has 3 rings (SSSR count). The molecule has 1 saturated heterocycles. The van der Waals surface area contributed by atoms with Crippen molar-refractivity contribution < 1.29 is 14.3 Å². The molecule has 20 heavy (non-hydrogen) atoms. The van der Waals surface area contributed by atoms with Gasteiger partial charge in [0.1, 0.15) is 11.6 Å². The van der Waals surface area contributed by atoms with E-state index in [1.54, 1.807) is 6.08 Å². The van der Waals surface area contributed by atoms with E-state index in [9.17, 15) is 14.3 Å². The van der Waals surface area contributed by atoms with Crippen molar-refractivity contribution in [3.63, 3.8) is 0 Å². The number of aliphatic imine (C=N–C) groups is 1. The van der Waals surface area contributed by atoms with Crippen LogP contribution in [-0.2, 0) is 4.79 Å². The summed E-state index contributed by atoms with van der Waals surface area (Å²) in [6, 6.07) is 3.72. The topological polar surface area (TPSA) is 52.9 Å². The fourth-order valence-electron chi connectivity index (χ4n) is 2.22. The lowest BCUT2D eigenvalue weighted by molar-refractivity contribution is -0.113. The number of likely N-dealkylation sites (tertiary alicyclic amines) is 1. The zero-order chi connectivity index (χ0) is 14.1. The van der Waals surface area contributed by atoms with E-state index in [0.717, 1.165) is 37.2 Å². The van der Waals surface area contributed by atoms with Gasteiger partial charge in [0.15, 0.2) is 5.17 Å². The molecule has 4 nitrogen and oxygen atoms in total. The van der Waals surface area contributed by atoms with Crippen molar-refractivity contribution in [1.82, 2.24) is 4.90 Å². The van der Waals surface area contributed by atoms with Crippen molar-refractivity contribution in [3.8, 4) is 5.75 Å². The van der Waals surface area contributed by atoms with Crippen molar-refractivity contribution in [2.24, 2.45) is 4.99 Å². The first-order chi connectivity index (χ1) is 9.63. The minimum absolute atomic E-state index is 0.180. The monoisotopic (exact) mass is 292 g/mol. The van der Waals surface area contributed by atoms with Crippen LogP contribution in [0.3, 0.4) is 0 Å². The molecule has 0 radical (unpaired) electrons. The molecule has 0 spiro atoms. The number of phenols is 1. The standard InChI is InChI=1S/C14H13FN2O2S/c15-10-4-3-9(11(18)8-10)7-12-13(19)16-14(20-12)17-5-1-2-6-17/h3-4,7-8,18H,1-2,5-6H2. The number of hydrogen-bond acceptors (Lipinski definition) is 4. The zero-order valence-corrected chi connectivity index (χ0v) is 11.5. The third kappa shape index (κ3) is 2.56. The summed E-state index contributed by atoms with van der Waals surface area (Å²) in [4.78, 5) is 18.4. The highest BCUT2D eigenvalue weighted by Gasteiger charge is 2.27. The Labute approximate surface area is 120 Å². The van der Waals surface area contributed by atoms with Crippen LogP contribution < -0.4 is 0 Å². The van der Waals surface area contributed by atoms with E-state index in [-0.39, 0.29) is 11.7 Å². The Bertz CT molecular complexity index is 622. The van der Waals surface area contributed by atoms with Crippen LogP contribution in [0, 0.1) is 5.82 Å². The highest BCUT2D eigenvalue weighted by molar-refractivity contribution is 8.18. The second-order valence-corrected chi connectivity index (χ2v) is 5.72. The van der Waals surface area contributed by atoms with Gasteiger partial charge >= 0.3 is 0 Å². The number of carbonyl (C=O) groups is 1. The first kappa shape index (κ1) is 13.2. The second kappa shape index (κ2) is 5.28. The van der Waals surface area contributed by atoms with E-state index in [1.165, 1.54) is 23.9 Å². The van der Waals surface area contributed by atoms with Crippen LogP contribution in [0.2, 0.25) is 0 Å². The van der Waals surface area contributed by atoms with Crippen LogP contribution in [0.4, 0.5) is 4.39 Å². The molecule has 2 aliphatic rings. The Morgan fingerprint density at radius 1 is 1.35 bits per heavy atom. The number of aromatic hydroxyl groups is 1. The number of carbonyl (C=O) groups excluding carboxylic acids is 1. The number of halogens is 1. The summed E-state index contributed by atoms with van der Waals surface area (Å²) >= 11 is 1.31. The zero-order valence-electron chi connectivity index (χ0n) is 10.7. The van der Waals surface area contributed by atoms with Gasteiger partial charge in [-0.05, 0) is 42.8 Å². The number of thioether (sulfide) groups is 1. The smallest absolute Gasteiger partial charge is 0.286 e. The first-order valence-electron chi connectivity index (χ1n) is 6.39. The fourth-order valence-corrected chi connectivity index (χ4v) is 3.18. The largest absolute Gasteiger partial charge is 0.507 e. The van der Waals surface area contributed by atoms with E-state index in [0.29, 0.717) is 10.5 Å². The molecule has 1 fully saturated rings. The van der Waals surface area contributed by atoms with E-state index >= 15 is 0 Å². The summed E-state index contributed by atoms with van der Waals surface area (Å²) in [6.07, 6.45) is 3.78. The van der Waals surface area contributed by atoms with Crippen LogP contribution in [0.5, 0.6) is 5.75 Å². The quantitative estimate of drug-likeness (QED) is 0.808. The van der Waals surface area contributed by atoms with Crippen molar-refractivity contribution in [2.45, 2.75) is 12.8 Å². The number of amides is 1. The number of benzene rings is 1. The Hall–Kier alpha value is -1.82. The Morgan fingerprint density at radius 3 is 2.80 bits per heavy atom. The normalized spacial score (nSPS) is 20.9. The van der Waals surface area contributed by atoms with Gasteiger partial charge in [0.25, 0.3) is 5.91 Å². The summed E-state index contributed by atoms with van der Waals surface area (Å²) in [5.41, 5.74) is 0.417. The predicted octanol–water partition coefficient (Wildman–Crippen LogP) is 2.60. The molecule has 1 N–H and O–H groups in total. The molecule has 2 heterocycles. The molecule has 0 saturated carbocycles. The second-order valence-electron chi connectivity index (χ2n) is 4.71. The summed E-state index contributed by atoms with van der Waals surface area (Å²) in [5, 5.41) is 10.4. The average molecular weight is 292 g/mol. The number of amidine groups is 1. The molecule has 1 aromatic carbocycles. The molecule has 0 aliphatic carbocycles. The molecular weight excluding hydrogens is 279 g/mol. The lowest BCUT2D eigenvalue weighted by atomic mass is 10.2. The molecule has 1 amide bonds. The van der Waals surface area contributed by atoms with Gasteiger partial charge in [-0.15, -0.1) is 0 Å². The summed E-state index contributed by atoms with van der Waals surface area (Å²) in [7, 11) is 0. The lowest BCUT2D eigenvalue weighted by Gasteiger charge is -2.14. The number of rotatable bonds is 1. The minimum Gasteiger partial charge on any atom is -0.507 e. The van der Waals surface area contributed by atoms with Gasteiger partial charge in [-0.2, -0.15) is 4.99 Å². The highest BCUT2D eigenvalue weighted by atomic mass is 32.2. The summed E-state index contributed by atoms with van der Waals surface area (Å²) in [6.45, 7) is 1.85. The van der Waals surface area contributed by atoms with Crippen LogP contribution in [0.15, 0.2) is 28.1 Å². The maximum absolute atomic E-state index is 12.9. The van der Waals surface area contributed by atoms with Crippen molar-refractivity contribution >= 4 is 28.9 Å². The third-order valence-corrected chi connectivity index (χ3v) is 4.31. The van der Waals surface area contributed by atoms with Crippen molar-refractivity contribution in [3.05, 3.63) is 34.5 Å². The first-order valence-corrected chi connectivity index (χ1v) is 7.21. The highest BCUT2D eigenvalue weighted by Crippen LogP contribution is 2.33. The average Bonchev–Trinajstić information content (AvgIpc) is 3.03. The number of phenolic OH excluding ortho intramolecular Hbond substituents is 1. The van der Waals surface area contributed by atoms with E-state index in [2.05, 4.69) is 9.89 Å².